The average Bonchev–Trinajstić information content (AvgIpc) is 2.16. The number of carboxylic acid groups (broad SMARTS) is 1. The molecule has 0 unspecified atom stereocenters. The molecule has 0 atom stereocenters. The minimum atomic E-state index is -1.21. The van der Waals surface area contributed by atoms with Gasteiger partial charge in [-0.2, -0.15) is 0 Å². The summed E-state index contributed by atoms with van der Waals surface area (Å²) in [6, 6.07) is -0.303. The van der Waals surface area contributed by atoms with Crippen LogP contribution in [0.4, 0.5) is 4.79 Å². The Kier molecular flexibility index (Phi) is 5.19. The third kappa shape index (κ3) is 3.76. The van der Waals surface area contributed by atoms with E-state index in [-0.39, 0.29) is 6.03 Å². The van der Waals surface area contributed by atoms with Crippen molar-refractivity contribution in [2.75, 3.05) is 20.1 Å². The van der Waals surface area contributed by atoms with Gasteiger partial charge < -0.3 is 14.9 Å². The number of likely N-dealkylation sites (N-methyl/N-ethyl adjacent to an activating group) is 2. The number of urea groups is 1. The van der Waals surface area contributed by atoms with E-state index in [4.69, 9.17) is 5.11 Å². The second-order valence-electron chi connectivity index (χ2n) is 4.70. The summed E-state index contributed by atoms with van der Waals surface area (Å²) in [6.45, 7) is 11.1. The maximum absolute atomic E-state index is 12.1. The second kappa shape index (κ2) is 5.70. The van der Waals surface area contributed by atoms with Crippen LogP contribution in [0.25, 0.3) is 0 Å². The smallest absolute Gasteiger partial charge is 0.329 e. The Bertz CT molecular complexity index is 324. The Hall–Kier alpha value is -1.52. The molecule has 0 heterocycles. The molecule has 0 aliphatic carbocycles. The van der Waals surface area contributed by atoms with Gasteiger partial charge in [-0.1, -0.05) is 12.2 Å². The molecular formula is C12H22N2O3. The molecule has 0 aromatic carbocycles. The fourth-order valence-corrected chi connectivity index (χ4v) is 1.56. The first-order valence-electron chi connectivity index (χ1n) is 5.55. The predicted octanol–water partition coefficient (Wildman–Crippen LogP) is 1.80. The molecule has 0 saturated carbocycles. The van der Waals surface area contributed by atoms with Gasteiger partial charge in [-0.15, -0.1) is 0 Å². The van der Waals surface area contributed by atoms with E-state index in [1.807, 2.05) is 6.92 Å². The highest BCUT2D eigenvalue weighted by atomic mass is 16.4. The Balaban J connectivity index is 4.95. The van der Waals surface area contributed by atoms with Crippen molar-refractivity contribution in [1.29, 1.82) is 0 Å². The number of nitrogens with zero attached hydrogens (tertiary/aromatic N) is 2. The molecule has 0 aromatic heterocycles. The standard InChI is InChI=1S/C12H22N2O3/c1-7-14(12(4,5)10(15)16)11(17)13(6)8-9(2)3/h2,7-8H2,1,3-6H3,(H,15,16). The van der Waals surface area contributed by atoms with Gasteiger partial charge in [-0.3, -0.25) is 0 Å². The first-order chi connectivity index (χ1) is 7.64. The topological polar surface area (TPSA) is 60.9 Å². The predicted molar refractivity (Wildman–Crippen MR) is 66.9 cm³/mol. The zero-order valence-corrected chi connectivity index (χ0v) is 11.3. The Morgan fingerprint density at radius 2 is 1.82 bits per heavy atom. The van der Waals surface area contributed by atoms with Gasteiger partial charge in [-0.25, -0.2) is 9.59 Å². The molecule has 1 N–H and O–H groups in total. The van der Waals surface area contributed by atoms with Crippen LogP contribution in [0.3, 0.4) is 0 Å². The van der Waals surface area contributed by atoms with Crippen LogP contribution in [0.1, 0.15) is 27.7 Å². The van der Waals surface area contributed by atoms with Gasteiger partial charge >= 0.3 is 12.0 Å². The number of hydrogen-bond acceptors (Lipinski definition) is 2. The molecule has 0 radical (unpaired) electrons. The van der Waals surface area contributed by atoms with E-state index in [0.717, 1.165) is 5.57 Å². The molecule has 0 bridgehead atoms. The molecule has 2 amide bonds. The van der Waals surface area contributed by atoms with E-state index in [2.05, 4.69) is 6.58 Å². The van der Waals surface area contributed by atoms with Crippen LogP contribution >= 0.6 is 0 Å². The lowest BCUT2D eigenvalue weighted by Crippen LogP contribution is -2.56. The van der Waals surface area contributed by atoms with Crippen LogP contribution in [0.5, 0.6) is 0 Å². The highest BCUT2D eigenvalue weighted by Crippen LogP contribution is 2.16. The van der Waals surface area contributed by atoms with Crippen molar-refractivity contribution in [3.8, 4) is 0 Å². The lowest BCUT2D eigenvalue weighted by molar-refractivity contribution is -0.147. The number of carbonyl (C=O) groups excluding carboxylic acids is 1. The maximum Gasteiger partial charge on any atom is 0.329 e. The van der Waals surface area contributed by atoms with Gasteiger partial charge in [0, 0.05) is 20.1 Å². The number of aliphatic carboxylic acids is 1. The first kappa shape index (κ1) is 15.5. The van der Waals surface area contributed by atoms with Crippen molar-refractivity contribution >= 4 is 12.0 Å². The molecule has 0 fully saturated rings. The Morgan fingerprint density at radius 3 is 2.12 bits per heavy atom. The molecule has 0 aromatic rings. The number of hydrogen-bond donors (Lipinski definition) is 1. The van der Waals surface area contributed by atoms with Crippen molar-refractivity contribution in [2.45, 2.75) is 33.2 Å². The summed E-state index contributed by atoms with van der Waals surface area (Å²) in [4.78, 5) is 26.0. The van der Waals surface area contributed by atoms with Crippen LogP contribution in [-0.2, 0) is 4.79 Å². The minimum Gasteiger partial charge on any atom is -0.480 e. The molecular weight excluding hydrogens is 220 g/mol. The minimum absolute atomic E-state index is 0.303. The molecule has 17 heavy (non-hydrogen) atoms. The van der Waals surface area contributed by atoms with Gasteiger partial charge in [0.15, 0.2) is 0 Å². The third-order valence-electron chi connectivity index (χ3n) is 2.58. The Labute approximate surface area is 103 Å². The van der Waals surface area contributed by atoms with Crippen LogP contribution in [0.2, 0.25) is 0 Å². The average molecular weight is 242 g/mol. The first-order valence-corrected chi connectivity index (χ1v) is 5.55. The number of rotatable bonds is 5. The van der Waals surface area contributed by atoms with E-state index in [0.29, 0.717) is 13.1 Å². The van der Waals surface area contributed by atoms with Crippen LogP contribution in [0, 0.1) is 0 Å². The molecule has 5 heteroatoms. The van der Waals surface area contributed by atoms with E-state index in [1.54, 1.807) is 14.0 Å². The highest BCUT2D eigenvalue weighted by Gasteiger charge is 2.37. The van der Waals surface area contributed by atoms with E-state index >= 15 is 0 Å². The fourth-order valence-electron chi connectivity index (χ4n) is 1.56. The summed E-state index contributed by atoms with van der Waals surface area (Å²) in [7, 11) is 1.64. The summed E-state index contributed by atoms with van der Waals surface area (Å²) < 4.78 is 0. The van der Waals surface area contributed by atoms with E-state index in [1.165, 1.54) is 23.6 Å². The molecule has 0 rings (SSSR count). The van der Waals surface area contributed by atoms with Crippen molar-refractivity contribution in [1.82, 2.24) is 9.80 Å². The number of amides is 2. The summed E-state index contributed by atoms with van der Waals surface area (Å²) in [5.41, 5.74) is -0.361. The third-order valence-corrected chi connectivity index (χ3v) is 2.58. The number of carbonyl (C=O) groups is 2. The SMILES string of the molecule is C=C(C)CN(C)C(=O)N(CC)C(C)(C)C(=O)O. The quantitative estimate of drug-likeness (QED) is 0.748. The van der Waals surface area contributed by atoms with E-state index < -0.39 is 11.5 Å². The molecule has 0 aliphatic rings. The van der Waals surface area contributed by atoms with Gasteiger partial charge in [0.1, 0.15) is 5.54 Å². The van der Waals surface area contributed by atoms with Crippen molar-refractivity contribution in [3.63, 3.8) is 0 Å². The summed E-state index contributed by atoms with van der Waals surface area (Å²) >= 11 is 0. The zero-order valence-electron chi connectivity index (χ0n) is 11.3. The van der Waals surface area contributed by atoms with Crippen LogP contribution in [0.15, 0.2) is 12.2 Å². The van der Waals surface area contributed by atoms with Gasteiger partial charge in [0.05, 0.1) is 0 Å². The van der Waals surface area contributed by atoms with Crippen LogP contribution in [-0.4, -0.2) is 52.6 Å². The monoisotopic (exact) mass is 242 g/mol. The molecule has 98 valence electrons. The molecule has 0 spiro atoms. The van der Waals surface area contributed by atoms with Gasteiger partial charge in [0.25, 0.3) is 0 Å². The molecule has 0 aliphatic heterocycles. The zero-order chi connectivity index (χ0) is 13.8. The molecule has 5 nitrogen and oxygen atoms in total. The molecule has 0 saturated heterocycles. The normalized spacial score (nSPS) is 10.9. The van der Waals surface area contributed by atoms with Crippen molar-refractivity contribution < 1.29 is 14.7 Å². The summed E-state index contributed by atoms with van der Waals surface area (Å²) in [5.74, 6) is -1.02. The fraction of sp³-hybridized carbons (Fsp3) is 0.667. The maximum atomic E-state index is 12.1. The summed E-state index contributed by atoms with van der Waals surface area (Å²) in [6.07, 6.45) is 0. The van der Waals surface area contributed by atoms with E-state index in [9.17, 15) is 9.59 Å². The Morgan fingerprint density at radius 1 is 1.35 bits per heavy atom. The van der Waals surface area contributed by atoms with Gasteiger partial charge in [0.2, 0.25) is 0 Å². The lowest BCUT2D eigenvalue weighted by Gasteiger charge is -2.37. The summed E-state index contributed by atoms with van der Waals surface area (Å²) in [5, 5.41) is 9.13. The van der Waals surface area contributed by atoms with Crippen molar-refractivity contribution in [3.05, 3.63) is 12.2 Å². The van der Waals surface area contributed by atoms with Crippen LogP contribution < -0.4 is 0 Å². The second-order valence-corrected chi connectivity index (χ2v) is 4.70. The number of carboxylic acids is 1. The van der Waals surface area contributed by atoms with Crippen molar-refractivity contribution in [2.24, 2.45) is 0 Å². The largest absolute Gasteiger partial charge is 0.480 e. The lowest BCUT2D eigenvalue weighted by atomic mass is 10.0. The van der Waals surface area contributed by atoms with Gasteiger partial charge in [-0.05, 0) is 27.7 Å². The highest BCUT2D eigenvalue weighted by molar-refractivity contribution is 5.85.